The van der Waals surface area contributed by atoms with Crippen LogP contribution in [0.4, 0.5) is 0 Å². The van der Waals surface area contributed by atoms with Crippen LogP contribution in [0.3, 0.4) is 0 Å². The predicted octanol–water partition coefficient (Wildman–Crippen LogP) is 4.60. The minimum absolute atomic E-state index is 0.214. The van der Waals surface area contributed by atoms with Crippen LogP contribution in [0, 0.1) is 17.4 Å². The summed E-state index contributed by atoms with van der Waals surface area (Å²) in [6.07, 6.45) is 1.00. The number of halogens is 1. The molecule has 2 rings (SSSR count). The molecule has 0 spiro atoms. The van der Waals surface area contributed by atoms with Crippen LogP contribution in [0.1, 0.15) is 27.8 Å². The molecule has 0 amide bonds. The van der Waals surface area contributed by atoms with Gasteiger partial charge in [0.25, 0.3) is 0 Å². The van der Waals surface area contributed by atoms with Crippen molar-refractivity contribution >= 4 is 30.0 Å². The Morgan fingerprint density at radius 1 is 1.09 bits per heavy atom. The van der Waals surface area contributed by atoms with Crippen LogP contribution in [-0.4, -0.2) is 16.7 Å². The molecule has 0 saturated carbocycles. The highest BCUT2D eigenvalue weighted by atomic mass is 127. The number of phenolic OH excluding ortho intramolecular Hbond substituents is 1. The molecule has 0 bridgehead atoms. The molecule has 2 aromatic carbocycles. The molecular formula is C17H20IO3P. The maximum Gasteiger partial charge on any atom is 0.201 e. The number of hydrogen-bond acceptors (Lipinski definition) is 2. The zero-order valence-electron chi connectivity index (χ0n) is 12.9. The lowest BCUT2D eigenvalue weighted by atomic mass is 9.94. The van der Waals surface area contributed by atoms with Crippen molar-refractivity contribution in [1.82, 2.24) is 0 Å². The molecule has 0 aliphatic carbocycles. The lowest BCUT2D eigenvalue weighted by Gasteiger charge is -2.14. The molecular weight excluding hydrogens is 410 g/mol. The summed E-state index contributed by atoms with van der Waals surface area (Å²) in [5, 5.41) is 9.61. The molecule has 2 N–H and O–H groups in total. The van der Waals surface area contributed by atoms with Crippen molar-refractivity contribution in [2.45, 2.75) is 26.4 Å². The Hall–Kier alpha value is -0.840. The van der Waals surface area contributed by atoms with Gasteiger partial charge in [-0.3, -0.25) is 4.57 Å². The Labute approximate surface area is 145 Å². The smallest absolute Gasteiger partial charge is 0.201 e. The summed E-state index contributed by atoms with van der Waals surface area (Å²) in [5.74, 6) is 0.301. The fourth-order valence-electron chi connectivity index (χ4n) is 2.66. The van der Waals surface area contributed by atoms with Crippen molar-refractivity contribution in [1.29, 1.82) is 0 Å². The molecule has 118 valence electrons. The van der Waals surface area contributed by atoms with E-state index in [4.69, 9.17) is 0 Å². The zero-order valence-corrected chi connectivity index (χ0v) is 16.0. The molecule has 0 aromatic heterocycles. The van der Waals surface area contributed by atoms with Gasteiger partial charge in [-0.1, -0.05) is 18.2 Å². The third-order valence-electron chi connectivity index (χ3n) is 3.62. The molecule has 0 heterocycles. The highest BCUT2D eigenvalue weighted by molar-refractivity contribution is 14.1. The quantitative estimate of drug-likeness (QED) is 0.551. The van der Waals surface area contributed by atoms with Crippen molar-refractivity contribution in [2.24, 2.45) is 0 Å². The molecule has 0 radical (unpaired) electrons. The van der Waals surface area contributed by atoms with E-state index in [0.29, 0.717) is 5.75 Å². The topological polar surface area (TPSA) is 57.5 Å². The maximum atomic E-state index is 11.6. The van der Waals surface area contributed by atoms with Crippen molar-refractivity contribution in [2.75, 3.05) is 6.66 Å². The monoisotopic (exact) mass is 430 g/mol. The minimum atomic E-state index is -3.05. The standard InChI is InChI=1S/C17H20IO3P/c1-11-6-14(10-22(3,20)21)7-12(2)15(11)8-13-4-5-17(19)16(18)9-13/h4-7,9,19H,8,10H2,1-3H3,(H,20,21). The first kappa shape index (κ1) is 17.5. The second-order valence-electron chi connectivity index (χ2n) is 5.88. The van der Waals surface area contributed by atoms with E-state index in [1.54, 1.807) is 6.07 Å². The number of phenols is 1. The fourth-order valence-corrected chi connectivity index (χ4v) is 4.10. The van der Waals surface area contributed by atoms with E-state index in [9.17, 15) is 14.6 Å². The Balaban J connectivity index is 2.32. The molecule has 0 fully saturated rings. The molecule has 0 saturated heterocycles. The first-order valence-corrected chi connectivity index (χ1v) is 10.4. The fraction of sp³-hybridized carbons (Fsp3) is 0.294. The van der Waals surface area contributed by atoms with Gasteiger partial charge in [0.15, 0.2) is 0 Å². The van der Waals surface area contributed by atoms with Crippen molar-refractivity contribution in [3.8, 4) is 5.75 Å². The van der Waals surface area contributed by atoms with Gasteiger partial charge in [0.1, 0.15) is 5.75 Å². The van der Waals surface area contributed by atoms with Gasteiger partial charge in [0.2, 0.25) is 7.37 Å². The van der Waals surface area contributed by atoms with E-state index in [0.717, 1.165) is 32.2 Å². The van der Waals surface area contributed by atoms with Crippen LogP contribution in [0.2, 0.25) is 0 Å². The average molecular weight is 430 g/mol. The van der Waals surface area contributed by atoms with Gasteiger partial charge >= 0.3 is 0 Å². The summed E-state index contributed by atoms with van der Waals surface area (Å²) in [6, 6.07) is 9.63. The minimum Gasteiger partial charge on any atom is -0.507 e. The molecule has 1 unspecified atom stereocenters. The Morgan fingerprint density at radius 2 is 1.68 bits per heavy atom. The van der Waals surface area contributed by atoms with Crippen LogP contribution < -0.4 is 0 Å². The largest absolute Gasteiger partial charge is 0.507 e. The Bertz CT molecular complexity index is 727. The van der Waals surface area contributed by atoms with Gasteiger partial charge in [0, 0.05) is 12.8 Å². The van der Waals surface area contributed by atoms with Crippen LogP contribution in [0.25, 0.3) is 0 Å². The van der Waals surface area contributed by atoms with E-state index in [-0.39, 0.29) is 6.16 Å². The molecule has 0 aliphatic rings. The molecule has 2 aromatic rings. The summed E-state index contributed by atoms with van der Waals surface area (Å²) in [7, 11) is -3.05. The van der Waals surface area contributed by atoms with Gasteiger partial charge in [-0.15, -0.1) is 0 Å². The second kappa shape index (κ2) is 6.73. The number of rotatable bonds is 4. The summed E-state index contributed by atoms with van der Waals surface area (Å²) in [5.41, 5.74) is 5.55. The Kier molecular flexibility index (Phi) is 5.36. The van der Waals surface area contributed by atoms with E-state index in [1.165, 1.54) is 12.2 Å². The first-order chi connectivity index (χ1) is 10.2. The molecule has 3 nitrogen and oxygen atoms in total. The van der Waals surface area contributed by atoms with Crippen molar-refractivity contribution < 1.29 is 14.6 Å². The van der Waals surface area contributed by atoms with Crippen LogP contribution in [0.5, 0.6) is 5.75 Å². The lowest BCUT2D eigenvalue weighted by Crippen LogP contribution is -1.99. The molecule has 1 atom stereocenters. The van der Waals surface area contributed by atoms with Gasteiger partial charge in [-0.2, -0.15) is 0 Å². The summed E-state index contributed by atoms with van der Waals surface area (Å²) < 4.78 is 12.4. The second-order valence-corrected chi connectivity index (χ2v) is 9.46. The van der Waals surface area contributed by atoms with Crippen molar-refractivity contribution in [3.63, 3.8) is 0 Å². The average Bonchev–Trinajstić information content (AvgIpc) is 2.36. The molecule has 0 aliphatic heterocycles. The lowest BCUT2D eigenvalue weighted by molar-refractivity contribution is 0.471. The predicted molar refractivity (Wildman–Crippen MR) is 99.0 cm³/mol. The van der Waals surface area contributed by atoms with E-state index in [1.807, 2.05) is 38.1 Å². The molecule has 22 heavy (non-hydrogen) atoms. The van der Waals surface area contributed by atoms with E-state index in [2.05, 4.69) is 22.6 Å². The van der Waals surface area contributed by atoms with Crippen LogP contribution in [-0.2, 0) is 17.1 Å². The van der Waals surface area contributed by atoms with Crippen molar-refractivity contribution in [3.05, 3.63) is 61.7 Å². The summed E-state index contributed by atoms with van der Waals surface area (Å²) >= 11 is 2.12. The number of aryl methyl sites for hydroxylation is 2. The highest BCUT2D eigenvalue weighted by Gasteiger charge is 2.14. The number of benzene rings is 2. The normalized spacial score (nSPS) is 13.9. The summed E-state index contributed by atoms with van der Waals surface area (Å²) in [6.45, 7) is 5.47. The van der Waals surface area contributed by atoms with E-state index >= 15 is 0 Å². The first-order valence-electron chi connectivity index (χ1n) is 7.01. The van der Waals surface area contributed by atoms with Gasteiger partial charge in [-0.05, 0) is 82.8 Å². The third kappa shape index (κ3) is 4.58. The zero-order chi connectivity index (χ0) is 16.5. The molecule has 5 heteroatoms. The van der Waals surface area contributed by atoms with E-state index < -0.39 is 7.37 Å². The summed E-state index contributed by atoms with van der Waals surface area (Å²) in [4.78, 5) is 9.54. The van der Waals surface area contributed by atoms with Gasteiger partial charge in [0.05, 0.1) is 3.57 Å². The van der Waals surface area contributed by atoms with Gasteiger partial charge in [-0.25, -0.2) is 0 Å². The van der Waals surface area contributed by atoms with Gasteiger partial charge < -0.3 is 10.00 Å². The highest BCUT2D eigenvalue weighted by Crippen LogP contribution is 2.40. The van der Waals surface area contributed by atoms with Crippen LogP contribution >= 0.6 is 30.0 Å². The number of aromatic hydroxyl groups is 1. The third-order valence-corrected chi connectivity index (χ3v) is 5.44. The maximum absolute atomic E-state index is 11.6. The SMILES string of the molecule is Cc1cc(CP(C)(=O)O)cc(C)c1Cc1ccc(O)c(I)c1. The Morgan fingerprint density at radius 3 is 2.18 bits per heavy atom. The van der Waals surface area contributed by atoms with Crippen LogP contribution in [0.15, 0.2) is 30.3 Å². The number of hydrogen-bond donors (Lipinski definition) is 2.